The normalized spacial score (nSPS) is 10.6. The maximum Gasteiger partial charge on any atom is 0.0975 e. The molecule has 2 nitrogen and oxygen atoms in total. The SMILES string of the molecule is C=CC[N+](CC=C)(CC=C)CCC[N+](CC=C)(CC=C)CC=C.[Cl-].[Cl-]. The lowest BCUT2D eigenvalue weighted by Gasteiger charge is -2.39. The minimum atomic E-state index is 0. The average molecular weight is 387 g/mol. The zero-order valence-electron chi connectivity index (χ0n) is 15.7. The van der Waals surface area contributed by atoms with Crippen LogP contribution in [0.5, 0.6) is 0 Å². The summed E-state index contributed by atoms with van der Waals surface area (Å²) in [6.07, 6.45) is 13.2. The molecule has 0 aliphatic carbocycles. The maximum absolute atomic E-state index is 3.93. The molecule has 0 aromatic carbocycles. The topological polar surface area (TPSA) is 0 Å². The molecule has 0 fully saturated rings. The van der Waals surface area contributed by atoms with E-state index in [2.05, 4.69) is 39.5 Å². The van der Waals surface area contributed by atoms with Crippen LogP contribution in [-0.4, -0.2) is 61.3 Å². The molecule has 0 bridgehead atoms. The van der Waals surface area contributed by atoms with Crippen LogP contribution in [0.3, 0.4) is 0 Å². The van der Waals surface area contributed by atoms with E-state index < -0.39 is 0 Å². The molecular formula is C21H36Cl2N2. The first kappa shape index (κ1) is 28.7. The van der Waals surface area contributed by atoms with Gasteiger partial charge in [-0.25, -0.2) is 0 Å². The van der Waals surface area contributed by atoms with E-state index in [0.29, 0.717) is 0 Å². The Labute approximate surface area is 168 Å². The van der Waals surface area contributed by atoms with E-state index in [1.54, 1.807) is 0 Å². The number of halogens is 2. The van der Waals surface area contributed by atoms with E-state index >= 15 is 0 Å². The Morgan fingerprint density at radius 2 is 0.640 bits per heavy atom. The summed E-state index contributed by atoms with van der Waals surface area (Å²) in [5, 5.41) is 0. The predicted octanol–water partition coefficient (Wildman–Crippen LogP) is -1.87. The van der Waals surface area contributed by atoms with Crippen molar-refractivity contribution in [2.45, 2.75) is 6.42 Å². The molecule has 0 aliphatic rings. The van der Waals surface area contributed by atoms with Crippen molar-refractivity contribution in [1.29, 1.82) is 0 Å². The molecular weight excluding hydrogens is 351 g/mol. The molecule has 0 heterocycles. The van der Waals surface area contributed by atoms with E-state index in [-0.39, 0.29) is 24.8 Å². The monoisotopic (exact) mass is 386 g/mol. The molecule has 25 heavy (non-hydrogen) atoms. The van der Waals surface area contributed by atoms with E-state index in [4.69, 9.17) is 0 Å². The third-order valence-corrected chi connectivity index (χ3v) is 4.36. The van der Waals surface area contributed by atoms with Gasteiger partial charge in [-0.15, -0.1) is 0 Å². The molecule has 0 amide bonds. The molecule has 4 heteroatoms. The van der Waals surface area contributed by atoms with Gasteiger partial charge in [-0.1, -0.05) is 39.5 Å². The third kappa shape index (κ3) is 10.5. The second-order valence-electron chi connectivity index (χ2n) is 6.31. The van der Waals surface area contributed by atoms with Gasteiger partial charge in [-0.05, 0) is 36.5 Å². The van der Waals surface area contributed by atoms with Crippen molar-refractivity contribution in [3.63, 3.8) is 0 Å². The fourth-order valence-corrected chi connectivity index (χ4v) is 3.38. The fraction of sp³-hybridized carbons (Fsp3) is 0.429. The molecule has 0 rings (SSSR count). The maximum atomic E-state index is 3.93. The number of quaternary nitrogens is 2. The Bertz CT molecular complexity index is 325. The summed E-state index contributed by atoms with van der Waals surface area (Å²) in [5.74, 6) is 0. The summed E-state index contributed by atoms with van der Waals surface area (Å²) in [4.78, 5) is 0. The van der Waals surface area contributed by atoms with Crippen LogP contribution in [0, 0.1) is 0 Å². The summed E-state index contributed by atoms with van der Waals surface area (Å²) >= 11 is 0. The first-order valence-corrected chi connectivity index (χ1v) is 8.43. The second-order valence-corrected chi connectivity index (χ2v) is 6.31. The molecule has 0 saturated heterocycles. The van der Waals surface area contributed by atoms with Crippen LogP contribution in [0.1, 0.15) is 6.42 Å². The van der Waals surface area contributed by atoms with Gasteiger partial charge in [0.1, 0.15) is 0 Å². The zero-order chi connectivity index (χ0) is 17.6. The summed E-state index contributed by atoms with van der Waals surface area (Å²) in [7, 11) is 0. The standard InChI is InChI=1S/C21H36N2.2ClH/c1-7-14-22(15-8-2,16-9-3)20-13-21-23(17-10-4,18-11-5)19-12-6;;/h7-12H,1-6,13-21H2;2*1H/q+2;;/p-2. The van der Waals surface area contributed by atoms with Crippen molar-refractivity contribution in [2.75, 3.05) is 52.4 Å². The number of nitrogens with zero attached hydrogens (tertiary/aromatic N) is 2. The highest BCUT2D eigenvalue weighted by Gasteiger charge is 2.27. The highest BCUT2D eigenvalue weighted by atomic mass is 35.5. The lowest BCUT2D eigenvalue weighted by Crippen LogP contribution is -3.00. The zero-order valence-corrected chi connectivity index (χ0v) is 17.2. The molecule has 0 saturated carbocycles. The van der Waals surface area contributed by atoms with E-state index in [1.165, 1.54) is 0 Å². The molecule has 0 aliphatic heterocycles. The molecule has 144 valence electrons. The highest BCUT2D eigenvalue weighted by Crippen LogP contribution is 2.14. The molecule has 0 spiro atoms. The van der Waals surface area contributed by atoms with Crippen LogP contribution >= 0.6 is 0 Å². The minimum absolute atomic E-state index is 0. The summed E-state index contributed by atoms with van der Waals surface area (Å²) < 4.78 is 1.90. The van der Waals surface area contributed by atoms with Crippen LogP contribution in [0.15, 0.2) is 75.9 Å². The lowest BCUT2D eigenvalue weighted by atomic mass is 10.2. The van der Waals surface area contributed by atoms with E-state index in [9.17, 15) is 0 Å². The molecule has 0 atom stereocenters. The van der Waals surface area contributed by atoms with Crippen molar-refractivity contribution in [3.8, 4) is 0 Å². The van der Waals surface area contributed by atoms with Gasteiger partial charge in [0.2, 0.25) is 0 Å². The number of hydrogen-bond donors (Lipinski definition) is 0. The minimum Gasteiger partial charge on any atom is -1.00 e. The number of hydrogen-bond acceptors (Lipinski definition) is 0. The van der Waals surface area contributed by atoms with Gasteiger partial charge in [-0.2, -0.15) is 0 Å². The molecule has 0 aromatic rings. The van der Waals surface area contributed by atoms with Crippen LogP contribution in [0.2, 0.25) is 0 Å². The van der Waals surface area contributed by atoms with Crippen molar-refractivity contribution in [1.82, 2.24) is 0 Å². The Morgan fingerprint density at radius 1 is 0.440 bits per heavy atom. The van der Waals surface area contributed by atoms with Gasteiger partial charge < -0.3 is 33.8 Å². The molecule has 0 N–H and O–H groups in total. The summed E-state index contributed by atoms with van der Waals surface area (Å²) in [6.45, 7) is 31.4. The Morgan fingerprint density at radius 3 is 0.800 bits per heavy atom. The largest absolute Gasteiger partial charge is 1.00 e. The van der Waals surface area contributed by atoms with Crippen molar-refractivity contribution < 1.29 is 33.8 Å². The third-order valence-electron chi connectivity index (χ3n) is 4.36. The quantitative estimate of drug-likeness (QED) is 0.215. The predicted molar refractivity (Wildman–Crippen MR) is 105 cm³/mol. The fourth-order valence-electron chi connectivity index (χ4n) is 3.38. The van der Waals surface area contributed by atoms with Gasteiger partial charge in [0, 0.05) is 6.42 Å². The molecule has 0 radical (unpaired) electrons. The summed E-state index contributed by atoms with van der Waals surface area (Å²) in [6, 6.07) is 0. The Kier molecular flexibility index (Phi) is 18.9. The van der Waals surface area contributed by atoms with Gasteiger partial charge in [0.15, 0.2) is 0 Å². The van der Waals surface area contributed by atoms with Crippen LogP contribution in [0.4, 0.5) is 0 Å². The van der Waals surface area contributed by atoms with E-state index in [0.717, 1.165) is 67.7 Å². The first-order chi connectivity index (χ1) is 11.1. The van der Waals surface area contributed by atoms with Crippen molar-refractivity contribution in [2.24, 2.45) is 0 Å². The summed E-state index contributed by atoms with van der Waals surface area (Å²) in [5.41, 5.74) is 0. The molecule has 0 unspecified atom stereocenters. The first-order valence-electron chi connectivity index (χ1n) is 8.43. The smallest absolute Gasteiger partial charge is 0.0975 e. The highest BCUT2D eigenvalue weighted by molar-refractivity contribution is 4.78. The van der Waals surface area contributed by atoms with Crippen molar-refractivity contribution >= 4 is 0 Å². The van der Waals surface area contributed by atoms with Gasteiger partial charge in [0.05, 0.1) is 52.4 Å². The van der Waals surface area contributed by atoms with Gasteiger partial charge >= 0.3 is 0 Å². The van der Waals surface area contributed by atoms with E-state index in [1.807, 2.05) is 36.5 Å². The second kappa shape index (κ2) is 16.4. The Balaban J connectivity index is -0.00000242. The van der Waals surface area contributed by atoms with Gasteiger partial charge in [-0.3, -0.25) is 0 Å². The van der Waals surface area contributed by atoms with Crippen LogP contribution < -0.4 is 24.8 Å². The van der Waals surface area contributed by atoms with Crippen LogP contribution in [0.25, 0.3) is 0 Å². The van der Waals surface area contributed by atoms with Gasteiger partial charge in [0.25, 0.3) is 0 Å². The average Bonchev–Trinajstić information content (AvgIpc) is 2.49. The van der Waals surface area contributed by atoms with Crippen LogP contribution in [-0.2, 0) is 0 Å². The Hall–Kier alpha value is -1.06. The molecule has 0 aromatic heterocycles. The van der Waals surface area contributed by atoms with Crippen molar-refractivity contribution in [3.05, 3.63) is 75.9 Å². The lowest BCUT2D eigenvalue weighted by molar-refractivity contribution is -0.930. The number of rotatable bonds is 16.